The highest BCUT2D eigenvalue weighted by Gasteiger charge is 2.34. The summed E-state index contributed by atoms with van der Waals surface area (Å²) in [6.07, 6.45) is 5.06. The maximum Gasteiger partial charge on any atom is 0.325 e. The van der Waals surface area contributed by atoms with Crippen LogP contribution < -0.4 is 10.6 Å². The predicted octanol–water partition coefficient (Wildman–Crippen LogP) is 2.07. The number of guanidine groups is 1. The number of hydrogen-bond acceptors (Lipinski definition) is 3. The van der Waals surface area contributed by atoms with Crippen molar-refractivity contribution in [3.8, 4) is 0 Å². The number of ether oxygens (including phenoxy) is 1. The van der Waals surface area contributed by atoms with Crippen LogP contribution in [0.2, 0.25) is 0 Å². The highest BCUT2D eigenvalue weighted by molar-refractivity contribution is 5.84. The van der Waals surface area contributed by atoms with E-state index in [2.05, 4.69) is 22.5 Å². The Hall–Kier alpha value is -1.26. The lowest BCUT2D eigenvalue weighted by atomic mass is 9.67. The van der Waals surface area contributed by atoms with Gasteiger partial charge < -0.3 is 15.4 Å². The van der Waals surface area contributed by atoms with Gasteiger partial charge in [-0.3, -0.25) is 9.79 Å². The van der Waals surface area contributed by atoms with Crippen LogP contribution in [-0.2, 0) is 9.53 Å². The molecule has 0 unspecified atom stereocenters. The summed E-state index contributed by atoms with van der Waals surface area (Å²) < 4.78 is 5.25. The zero-order chi connectivity index (χ0) is 15.2. The second-order valence-corrected chi connectivity index (χ2v) is 6.57. The van der Waals surface area contributed by atoms with E-state index in [4.69, 9.17) is 4.74 Å². The van der Waals surface area contributed by atoms with Gasteiger partial charge >= 0.3 is 5.97 Å². The number of nitrogens with zero attached hydrogens (tertiary/aromatic N) is 1. The van der Waals surface area contributed by atoms with E-state index in [1.54, 1.807) is 7.05 Å². The van der Waals surface area contributed by atoms with Gasteiger partial charge in [0.25, 0.3) is 0 Å². The molecule has 0 radical (unpaired) electrons. The number of hydrogen-bond donors (Lipinski definition) is 2. The number of rotatable bonds is 5. The van der Waals surface area contributed by atoms with E-state index in [9.17, 15) is 4.79 Å². The molecule has 0 atom stereocenters. The summed E-state index contributed by atoms with van der Waals surface area (Å²) in [4.78, 5) is 15.8. The number of esters is 1. The van der Waals surface area contributed by atoms with Crippen molar-refractivity contribution in [1.29, 1.82) is 0 Å². The maximum atomic E-state index is 11.6. The number of carbonyl (C=O) groups is 1. The quantitative estimate of drug-likeness (QED) is 0.461. The van der Waals surface area contributed by atoms with Crippen molar-refractivity contribution in [3.05, 3.63) is 0 Å². The summed E-state index contributed by atoms with van der Waals surface area (Å²) in [5.41, 5.74) is -0.0303. The molecule has 1 aliphatic carbocycles. The van der Waals surface area contributed by atoms with Crippen LogP contribution in [0, 0.1) is 5.41 Å². The number of carbonyl (C=O) groups excluding carboxylic acids is 1. The topological polar surface area (TPSA) is 62.7 Å². The van der Waals surface area contributed by atoms with E-state index in [0.717, 1.165) is 6.54 Å². The zero-order valence-electron chi connectivity index (χ0n) is 13.5. The van der Waals surface area contributed by atoms with Gasteiger partial charge in [0.05, 0.1) is 0 Å². The van der Waals surface area contributed by atoms with E-state index in [-0.39, 0.29) is 12.5 Å². The molecule has 116 valence electrons. The van der Waals surface area contributed by atoms with E-state index >= 15 is 0 Å². The van der Waals surface area contributed by atoms with Crippen LogP contribution in [-0.4, -0.2) is 37.7 Å². The van der Waals surface area contributed by atoms with Crippen molar-refractivity contribution in [3.63, 3.8) is 0 Å². The lowest BCUT2D eigenvalue weighted by molar-refractivity contribution is -0.153. The maximum absolute atomic E-state index is 11.6. The summed E-state index contributed by atoms with van der Waals surface area (Å²) in [5, 5.41) is 6.31. The molecule has 2 N–H and O–H groups in total. The highest BCUT2D eigenvalue weighted by Crippen LogP contribution is 2.42. The molecule has 1 rings (SSSR count). The first kappa shape index (κ1) is 16.8. The Morgan fingerprint density at radius 2 is 1.95 bits per heavy atom. The minimum atomic E-state index is -0.450. The van der Waals surface area contributed by atoms with Crippen LogP contribution >= 0.6 is 0 Å². The third kappa shape index (κ3) is 5.39. The molecule has 0 aliphatic heterocycles. The summed E-state index contributed by atoms with van der Waals surface area (Å²) in [7, 11) is 1.71. The van der Waals surface area contributed by atoms with Crippen molar-refractivity contribution in [2.45, 2.75) is 59.0 Å². The second-order valence-electron chi connectivity index (χ2n) is 6.57. The summed E-state index contributed by atoms with van der Waals surface area (Å²) in [6, 6.07) is 0. The van der Waals surface area contributed by atoms with Gasteiger partial charge in [0.1, 0.15) is 12.1 Å². The van der Waals surface area contributed by atoms with Crippen LogP contribution in [0.4, 0.5) is 0 Å². The van der Waals surface area contributed by atoms with Crippen molar-refractivity contribution in [2.75, 3.05) is 20.1 Å². The number of aliphatic imine (C=N–C) groups is 1. The molecule has 1 saturated carbocycles. The summed E-state index contributed by atoms with van der Waals surface area (Å²) in [5.74, 6) is 0.393. The SMILES string of the molecule is CCC1(CNC(=NC)NCC(=O)OC(C)(C)C)CCC1. The average molecular weight is 283 g/mol. The molecular formula is C15H29N3O2. The van der Waals surface area contributed by atoms with Gasteiger partial charge in [-0.15, -0.1) is 0 Å². The Balaban J connectivity index is 2.32. The van der Waals surface area contributed by atoms with Crippen molar-refractivity contribution < 1.29 is 9.53 Å². The van der Waals surface area contributed by atoms with E-state index < -0.39 is 5.60 Å². The first-order valence-corrected chi connectivity index (χ1v) is 7.47. The van der Waals surface area contributed by atoms with Gasteiger partial charge in [0.2, 0.25) is 0 Å². The molecule has 5 nitrogen and oxygen atoms in total. The third-order valence-electron chi connectivity index (χ3n) is 3.84. The Morgan fingerprint density at radius 3 is 2.35 bits per heavy atom. The molecule has 0 spiro atoms. The second kappa shape index (κ2) is 6.95. The van der Waals surface area contributed by atoms with Crippen LogP contribution in [0.15, 0.2) is 4.99 Å². The lowest BCUT2D eigenvalue weighted by Crippen LogP contribution is -2.47. The van der Waals surface area contributed by atoms with E-state index in [0.29, 0.717) is 11.4 Å². The van der Waals surface area contributed by atoms with Gasteiger partial charge in [-0.05, 0) is 45.4 Å². The zero-order valence-corrected chi connectivity index (χ0v) is 13.5. The molecule has 1 aliphatic rings. The molecule has 0 aromatic rings. The summed E-state index contributed by atoms with van der Waals surface area (Å²) >= 11 is 0. The molecule has 0 saturated heterocycles. The van der Waals surface area contributed by atoms with Crippen molar-refractivity contribution in [2.24, 2.45) is 10.4 Å². The molecule has 0 heterocycles. The third-order valence-corrected chi connectivity index (χ3v) is 3.84. The number of nitrogens with one attached hydrogen (secondary N) is 2. The van der Waals surface area contributed by atoms with E-state index in [1.807, 2.05) is 20.8 Å². The molecular weight excluding hydrogens is 254 g/mol. The van der Waals surface area contributed by atoms with Crippen LogP contribution in [0.3, 0.4) is 0 Å². The van der Waals surface area contributed by atoms with Crippen LogP contribution in [0.25, 0.3) is 0 Å². The van der Waals surface area contributed by atoms with Crippen LogP contribution in [0.1, 0.15) is 53.4 Å². The molecule has 1 fully saturated rings. The lowest BCUT2D eigenvalue weighted by Gasteiger charge is -2.41. The minimum Gasteiger partial charge on any atom is -0.459 e. The molecule has 5 heteroatoms. The Labute approximate surface area is 122 Å². The standard InChI is InChI=1S/C15H29N3O2/c1-6-15(8-7-9-15)11-18-13(16-5)17-10-12(19)20-14(2,3)4/h6-11H2,1-5H3,(H2,16,17,18). The van der Waals surface area contributed by atoms with Gasteiger partial charge in [-0.25, -0.2) is 0 Å². The Morgan fingerprint density at radius 1 is 1.30 bits per heavy atom. The largest absolute Gasteiger partial charge is 0.459 e. The monoisotopic (exact) mass is 283 g/mol. The molecule has 20 heavy (non-hydrogen) atoms. The van der Waals surface area contributed by atoms with Gasteiger partial charge in [-0.1, -0.05) is 13.3 Å². The van der Waals surface area contributed by atoms with Gasteiger partial charge in [0.15, 0.2) is 5.96 Å². The van der Waals surface area contributed by atoms with Crippen molar-refractivity contribution >= 4 is 11.9 Å². The van der Waals surface area contributed by atoms with Crippen molar-refractivity contribution in [1.82, 2.24) is 10.6 Å². The fraction of sp³-hybridized carbons (Fsp3) is 0.867. The first-order chi connectivity index (χ1) is 9.30. The Bertz CT molecular complexity index is 349. The normalized spacial score (nSPS) is 18.1. The molecule has 0 amide bonds. The molecule has 0 bridgehead atoms. The minimum absolute atomic E-state index is 0.135. The fourth-order valence-corrected chi connectivity index (χ4v) is 2.36. The van der Waals surface area contributed by atoms with Gasteiger partial charge in [-0.2, -0.15) is 0 Å². The molecule has 0 aromatic carbocycles. The highest BCUT2D eigenvalue weighted by atomic mass is 16.6. The Kier molecular flexibility index (Phi) is 5.84. The van der Waals surface area contributed by atoms with E-state index in [1.165, 1.54) is 25.7 Å². The van der Waals surface area contributed by atoms with Gasteiger partial charge in [0, 0.05) is 13.6 Å². The van der Waals surface area contributed by atoms with Crippen LogP contribution in [0.5, 0.6) is 0 Å². The average Bonchev–Trinajstić information content (AvgIpc) is 2.29. The fourth-order valence-electron chi connectivity index (χ4n) is 2.36. The smallest absolute Gasteiger partial charge is 0.325 e. The predicted molar refractivity (Wildman–Crippen MR) is 81.8 cm³/mol. The summed E-state index contributed by atoms with van der Waals surface area (Å²) in [6.45, 7) is 8.87. The first-order valence-electron chi connectivity index (χ1n) is 7.47. The molecule has 0 aromatic heterocycles.